The fourth-order valence-corrected chi connectivity index (χ4v) is 7.12. The van der Waals surface area contributed by atoms with Gasteiger partial charge in [-0.15, -0.1) is 0 Å². The standard InChI is InChI=1S/C28H26ClNO3/c29-25-7-1-20(12-24(25)27(31)32)26-8-6-23(33-26)16-30-22-4-2-21(3-5-22)28-13-17-9-18(14-28)11-19(10-17)15-28/h1-8,12,16-19H,9-11,13-15H2,(H,31,32). The van der Waals surface area contributed by atoms with E-state index in [-0.39, 0.29) is 10.6 Å². The Kier molecular flexibility index (Phi) is 4.95. The smallest absolute Gasteiger partial charge is 0.337 e. The summed E-state index contributed by atoms with van der Waals surface area (Å²) in [5.41, 5.74) is 3.52. The minimum Gasteiger partial charge on any atom is -0.478 e. The number of hydrogen-bond acceptors (Lipinski definition) is 3. The maximum Gasteiger partial charge on any atom is 0.337 e. The summed E-state index contributed by atoms with van der Waals surface area (Å²) < 4.78 is 5.87. The Morgan fingerprint density at radius 3 is 2.27 bits per heavy atom. The van der Waals surface area contributed by atoms with Crippen molar-refractivity contribution in [1.82, 2.24) is 0 Å². The number of carboxylic acids is 1. The summed E-state index contributed by atoms with van der Waals surface area (Å²) in [6, 6.07) is 17.3. The summed E-state index contributed by atoms with van der Waals surface area (Å²) in [6.45, 7) is 0. The van der Waals surface area contributed by atoms with E-state index < -0.39 is 5.97 Å². The highest BCUT2D eigenvalue weighted by Crippen LogP contribution is 2.60. The van der Waals surface area contributed by atoms with Gasteiger partial charge in [-0.3, -0.25) is 4.99 Å². The van der Waals surface area contributed by atoms with Gasteiger partial charge in [-0.05, 0) is 110 Å². The second-order valence-electron chi connectivity index (χ2n) is 10.2. The molecule has 0 atom stereocenters. The number of benzene rings is 2. The molecule has 4 aliphatic carbocycles. The SMILES string of the molecule is O=C(O)c1cc(-c2ccc(C=Nc3ccc(C45CC6CC(CC(C6)C4)C5)cc3)o2)ccc1Cl. The van der Waals surface area contributed by atoms with Crippen molar-refractivity contribution < 1.29 is 14.3 Å². The Morgan fingerprint density at radius 1 is 0.970 bits per heavy atom. The van der Waals surface area contributed by atoms with E-state index in [0.717, 1.165) is 23.4 Å². The topological polar surface area (TPSA) is 62.8 Å². The van der Waals surface area contributed by atoms with Gasteiger partial charge in [0, 0.05) is 5.56 Å². The molecule has 0 aliphatic heterocycles. The minimum absolute atomic E-state index is 0.0555. The monoisotopic (exact) mass is 459 g/mol. The molecule has 0 saturated heterocycles. The summed E-state index contributed by atoms with van der Waals surface area (Å²) in [4.78, 5) is 15.9. The van der Waals surface area contributed by atoms with Crippen LogP contribution < -0.4 is 0 Å². The average molecular weight is 460 g/mol. The molecule has 168 valence electrons. The second-order valence-corrected chi connectivity index (χ2v) is 10.6. The lowest BCUT2D eigenvalue weighted by Gasteiger charge is -2.57. The lowest BCUT2D eigenvalue weighted by atomic mass is 9.48. The van der Waals surface area contributed by atoms with Gasteiger partial charge >= 0.3 is 5.97 Å². The third-order valence-electron chi connectivity index (χ3n) is 7.97. The van der Waals surface area contributed by atoms with Crippen LogP contribution in [0, 0.1) is 17.8 Å². The van der Waals surface area contributed by atoms with Crippen molar-refractivity contribution in [2.45, 2.75) is 43.9 Å². The van der Waals surface area contributed by atoms with Crippen LogP contribution in [0.1, 0.15) is 60.2 Å². The number of hydrogen-bond donors (Lipinski definition) is 1. The Morgan fingerprint density at radius 2 is 1.64 bits per heavy atom. The highest BCUT2D eigenvalue weighted by Gasteiger charge is 2.51. The van der Waals surface area contributed by atoms with Crippen LogP contribution in [-0.4, -0.2) is 17.3 Å². The summed E-state index contributed by atoms with van der Waals surface area (Å²) in [7, 11) is 0. The Balaban J connectivity index is 1.18. The summed E-state index contributed by atoms with van der Waals surface area (Å²) in [6.07, 6.45) is 10.2. The maximum atomic E-state index is 11.3. The fourth-order valence-electron chi connectivity index (χ4n) is 6.92. The first kappa shape index (κ1) is 20.7. The van der Waals surface area contributed by atoms with Crippen molar-refractivity contribution in [3.05, 3.63) is 76.5 Å². The van der Waals surface area contributed by atoms with Crippen LogP contribution in [0.2, 0.25) is 5.02 Å². The molecule has 4 saturated carbocycles. The first-order valence-electron chi connectivity index (χ1n) is 11.8. The van der Waals surface area contributed by atoms with E-state index in [9.17, 15) is 9.90 Å². The zero-order chi connectivity index (χ0) is 22.6. The van der Waals surface area contributed by atoms with Crippen LogP contribution in [0.5, 0.6) is 0 Å². The highest BCUT2D eigenvalue weighted by atomic mass is 35.5. The van der Waals surface area contributed by atoms with E-state index in [2.05, 4.69) is 29.3 Å². The number of carboxylic acid groups (broad SMARTS) is 1. The van der Waals surface area contributed by atoms with Crippen molar-refractivity contribution in [2.75, 3.05) is 0 Å². The van der Waals surface area contributed by atoms with Crippen molar-refractivity contribution in [3.63, 3.8) is 0 Å². The van der Waals surface area contributed by atoms with Gasteiger partial charge in [0.05, 0.1) is 22.5 Å². The summed E-state index contributed by atoms with van der Waals surface area (Å²) in [5.74, 6) is 2.94. The molecule has 0 spiro atoms. The van der Waals surface area contributed by atoms with Gasteiger partial charge in [-0.25, -0.2) is 4.79 Å². The molecule has 5 heteroatoms. The lowest BCUT2D eigenvalue weighted by molar-refractivity contribution is -0.00518. The Labute approximate surface area is 198 Å². The van der Waals surface area contributed by atoms with Gasteiger partial charge in [0.1, 0.15) is 11.5 Å². The number of rotatable bonds is 5. The third kappa shape index (κ3) is 3.80. The van der Waals surface area contributed by atoms with Gasteiger partial charge in [0.2, 0.25) is 0 Å². The van der Waals surface area contributed by atoms with E-state index in [0.29, 0.717) is 22.5 Å². The Hall–Kier alpha value is -2.85. The number of furan rings is 1. The van der Waals surface area contributed by atoms with E-state index in [1.165, 1.54) is 50.2 Å². The van der Waals surface area contributed by atoms with Gasteiger partial charge in [-0.1, -0.05) is 23.7 Å². The van der Waals surface area contributed by atoms with Crippen LogP contribution in [0.4, 0.5) is 5.69 Å². The molecular weight excluding hydrogens is 434 g/mol. The number of aliphatic imine (C=N–C) groups is 1. The van der Waals surface area contributed by atoms with Crippen molar-refractivity contribution in [2.24, 2.45) is 22.7 Å². The fraction of sp³-hybridized carbons (Fsp3) is 0.357. The predicted octanol–water partition coefficient (Wildman–Crippen LogP) is 7.52. The molecule has 3 aromatic rings. The minimum atomic E-state index is -1.06. The van der Waals surface area contributed by atoms with Gasteiger partial charge < -0.3 is 9.52 Å². The van der Waals surface area contributed by atoms with E-state index in [4.69, 9.17) is 16.0 Å². The van der Waals surface area contributed by atoms with Gasteiger partial charge in [0.15, 0.2) is 0 Å². The van der Waals surface area contributed by atoms with Gasteiger partial charge in [-0.2, -0.15) is 0 Å². The summed E-state index contributed by atoms with van der Waals surface area (Å²) >= 11 is 5.97. The summed E-state index contributed by atoms with van der Waals surface area (Å²) in [5, 5.41) is 9.49. The second kappa shape index (κ2) is 7.88. The largest absolute Gasteiger partial charge is 0.478 e. The number of aromatic carboxylic acids is 1. The third-order valence-corrected chi connectivity index (χ3v) is 8.30. The predicted molar refractivity (Wildman–Crippen MR) is 130 cm³/mol. The van der Waals surface area contributed by atoms with Gasteiger partial charge in [0.25, 0.3) is 0 Å². The Bertz CT molecular complexity index is 1200. The van der Waals surface area contributed by atoms with Crippen LogP contribution in [0.25, 0.3) is 11.3 Å². The van der Waals surface area contributed by atoms with Crippen LogP contribution >= 0.6 is 11.6 Å². The quantitative estimate of drug-likeness (QED) is 0.401. The molecule has 33 heavy (non-hydrogen) atoms. The van der Waals surface area contributed by atoms with E-state index in [1.807, 2.05) is 12.1 Å². The van der Waals surface area contributed by atoms with E-state index >= 15 is 0 Å². The van der Waals surface area contributed by atoms with Crippen LogP contribution in [-0.2, 0) is 5.41 Å². The number of carbonyl (C=O) groups is 1. The molecule has 1 heterocycles. The molecule has 4 aliphatic rings. The van der Waals surface area contributed by atoms with Crippen LogP contribution in [0.3, 0.4) is 0 Å². The maximum absolute atomic E-state index is 11.3. The van der Waals surface area contributed by atoms with Crippen molar-refractivity contribution >= 4 is 29.5 Å². The van der Waals surface area contributed by atoms with Crippen LogP contribution in [0.15, 0.2) is 64.0 Å². The number of nitrogens with zero attached hydrogens (tertiary/aromatic N) is 1. The lowest BCUT2D eigenvalue weighted by Crippen LogP contribution is -2.48. The first-order valence-corrected chi connectivity index (χ1v) is 12.1. The molecule has 2 aromatic carbocycles. The molecule has 1 N–H and O–H groups in total. The molecule has 4 nitrogen and oxygen atoms in total. The molecule has 0 radical (unpaired) electrons. The zero-order valence-corrected chi connectivity index (χ0v) is 19.1. The molecule has 7 rings (SSSR count). The average Bonchev–Trinajstić information content (AvgIpc) is 3.26. The van der Waals surface area contributed by atoms with Crippen molar-refractivity contribution in [1.29, 1.82) is 0 Å². The molecule has 0 amide bonds. The molecule has 0 unspecified atom stereocenters. The zero-order valence-electron chi connectivity index (χ0n) is 18.3. The number of halogens is 1. The van der Waals surface area contributed by atoms with E-state index in [1.54, 1.807) is 18.3 Å². The molecular formula is C28H26ClNO3. The molecule has 4 fully saturated rings. The first-order chi connectivity index (χ1) is 16.0. The highest BCUT2D eigenvalue weighted by molar-refractivity contribution is 6.33. The normalized spacial score (nSPS) is 28.0. The van der Waals surface area contributed by atoms with Crippen molar-refractivity contribution in [3.8, 4) is 11.3 Å². The molecule has 4 bridgehead atoms. The molecule has 1 aromatic heterocycles.